The summed E-state index contributed by atoms with van der Waals surface area (Å²) in [4.78, 5) is 11.7. The van der Waals surface area contributed by atoms with Crippen molar-refractivity contribution >= 4 is 27.5 Å². The number of amides is 1. The Morgan fingerprint density at radius 1 is 1.00 bits per heavy atom. The first kappa shape index (κ1) is 15.5. The van der Waals surface area contributed by atoms with Crippen molar-refractivity contribution in [2.75, 3.05) is 5.32 Å². The van der Waals surface area contributed by atoms with E-state index in [1.807, 2.05) is 5.32 Å². The van der Waals surface area contributed by atoms with Crippen LogP contribution in [0, 0.1) is 23.3 Å². The van der Waals surface area contributed by atoms with Crippen LogP contribution < -0.4 is 5.32 Å². The van der Waals surface area contributed by atoms with E-state index in [9.17, 15) is 22.4 Å². The van der Waals surface area contributed by atoms with Crippen molar-refractivity contribution in [1.82, 2.24) is 0 Å². The van der Waals surface area contributed by atoms with Crippen LogP contribution in [-0.4, -0.2) is 5.91 Å². The van der Waals surface area contributed by atoms with Crippen LogP contribution in [0.4, 0.5) is 23.2 Å². The van der Waals surface area contributed by atoms with E-state index in [4.69, 9.17) is 0 Å². The van der Waals surface area contributed by atoms with Crippen molar-refractivity contribution in [1.29, 1.82) is 0 Å². The minimum atomic E-state index is -0.996. The lowest BCUT2D eigenvalue weighted by atomic mass is 10.1. The molecule has 0 atom stereocenters. The molecule has 0 radical (unpaired) electrons. The van der Waals surface area contributed by atoms with Gasteiger partial charge < -0.3 is 5.32 Å². The van der Waals surface area contributed by atoms with Crippen LogP contribution in [0.3, 0.4) is 0 Å². The molecule has 1 amide bonds. The molecule has 1 N–H and O–H groups in total. The van der Waals surface area contributed by atoms with Gasteiger partial charge in [0.05, 0.1) is 6.42 Å². The highest BCUT2D eigenvalue weighted by molar-refractivity contribution is 9.10. The van der Waals surface area contributed by atoms with Gasteiger partial charge in [-0.25, -0.2) is 17.6 Å². The van der Waals surface area contributed by atoms with E-state index in [0.717, 1.165) is 30.3 Å². The molecule has 0 fully saturated rings. The lowest BCUT2D eigenvalue weighted by Gasteiger charge is -2.09. The molecule has 110 valence electrons. The van der Waals surface area contributed by atoms with Gasteiger partial charge in [-0.15, -0.1) is 0 Å². The Labute approximate surface area is 125 Å². The number of rotatable bonds is 3. The minimum Gasteiger partial charge on any atom is -0.321 e. The monoisotopic (exact) mass is 361 g/mol. The van der Waals surface area contributed by atoms with Crippen LogP contribution in [0.1, 0.15) is 5.56 Å². The Morgan fingerprint density at radius 3 is 2.05 bits per heavy atom. The number of carbonyl (C=O) groups excluding carboxylic acids is 1. The normalized spacial score (nSPS) is 10.5. The molecule has 0 aliphatic heterocycles. The average Bonchev–Trinajstić information content (AvgIpc) is 2.38. The number of nitrogens with one attached hydrogen (secondary N) is 1. The molecule has 0 heterocycles. The Bertz CT molecular complexity index is 662. The van der Waals surface area contributed by atoms with Crippen molar-refractivity contribution in [3.05, 3.63) is 63.6 Å². The van der Waals surface area contributed by atoms with Crippen LogP contribution in [0.15, 0.2) is 34.8 Å². The molecule has 7 heteroatoms. The summed E-state index contributed by atoms with van der Waals surface area (Å²) in [6, 6.07) is 5.06. The van der Waals surface area contributed by atoms with Gasteiger partial charge in [0.15, 0.2) is 11.6 Å². The zero-order valence-electron chi connectivity index (χ0n) is 10.4. The van der Waals surface area contributed by atoms with Crippen molar-refractivity contribution in [2.24, 2.45) is 0 Å². The summed E-state index contributed by atoms with van der Waals surface area (Å²) < 4.78 is 54.0. The molecule has 0 bridgehead atoms. The Hall–Kier alpha value is -1.89. The molecule has 2 rings (SSSR count). The third-order valence-electron chi connectivity index (χ3n) is 2.67. The molecule has 21 heavy (non-hydrogen) atoms. The first-order valence-corrected chi connectivity index (χ1v) is 6.55. The summed E-state index contributed by atoms with van der Waals surface area (Å²) in [5.74, 6) is -4.73. The summed E-state index contributed by atoms with van der Waals surface area (Å²) in [6.45, 7) is 0. The molecule has 2 aromatic rings. The fraction of sp³-hybridized carbons (Fsp3) is 0.0714. The lowest BCUT2D eigenvalue weighted by Crippen LogP contribution is -2.18. The van der Waals surface area contributed by atoms with Gasteiger partial charge in [-0.1, -0.05) is 22.0 Å². The predicted molar refractivity (Wildman–Crippen MR) is 72.7 cm³/mol. The molecular weight excluding hydrogens is 354 g/mol. The van der Waals surface area contributed by atoms with Crippen LogP contribution in [0.2, 0.25) is 0 Å². The number of hydrogen-bond donors (Lipinski definition) is 1. The van der Waals surface area contributed by atoms with Gasteiger partial charge >= 0.3 is 0 Å². The van der Waals surface area contributed by atoms with Crippen LogP contribution in [-0.2, 0) is 11.2 Å². The maximum atomic E-state index is 13.5. The van der Waals surface area contributed by atoms with Gasteiger partial charge in [0.1, 0.15) is 17.3 Å². The van der Waals surface area contributed by atoms with Crippen molar-refractivity contribution < 1.29 is 22.4 Å². The first-order chi connectivity index (χ1) is 9.88. The number of anilines is 1. The first-order valence-electron chi connectivity index (χ1n) is 5.75. The number of benzene rings is 2. The topological polar surface area (TPSA) is 29.1 Å². The standard InChI is InChI=1S/C14H8BrF4NO/c15-7-4-11(18)14(12(19)5-7)20-13(21)6-8-9(16)2-1-3-10(8)17/h1-5H,6H2,(H,20,21). The third kappa shape index (κ3) is 3.60. The average molecular weight is 362 g/mol. The Balaban J connectivity index is 2.20. The van der Waals surface area contributed by atoms with E-state index in [0.29, 0.717) is 0 Å². The van der Waals surface area contributed by atoms with E-state index < -0.39 is 46.8 Å². The molecular formula is C14H8BrF4NO. The predicted octanol–water partition coefficient (Wildman–Crippen LogP) is 4.19. The lowest BCUT2D eigenvalue weighted by molar-refractivity contribution is -0.115. The van der Waals surface area contributed by atoms with Gasteiger partial charge in [0.25, 0.3) is 0 Å². The van der Waals surface area contributed by atoms with E-state index >= 15 is 0 Å². The summed E-state index contributed by atoms with van der Waals surface area (Å²) in [5, 5.41) is 1.97. The van der Waals surface area contributed by atoms with Gasteiger partial charge in [0, 0.05) is 10.0 Å². The number of carbonyl (C=O) groups is 1. The van der Waals surface area contributed by atoms with Crippen LogP contribution in [0.25, 0.3) is 0 Å². The van der Waals surface area contributed by atoms with Gasteiger partial charge in [-0.2, -0.15) is 0 Å². The van der Waals surface area contributed by atoms with E-state index in [2.05, 4.69) is 15.9 Å². The van der Waals surface area contributed by atoms with Crippen LogP contribution >= 0.6 is 15.9 Å². The molecule has 0 saturated heterocycles. The van der Waals surface area contributed by atoms with Gasteiger partial charge in [0.2, 0.25) is 5.91 Å². The SMILES string of the molecule is O=C(Cc1c(F)cccc1F)Nc1c(F)cc(Br)cc1F. The minimum absolute atomic E-state index is 0.163. The molecule has 0 aliphatic rings. The quantitative estimate of drug-likeness (QED) is 0.816. The fourth-order valence-electron chi connectivity index (χ4n) is 1.71. The molecule has 2 aromatic carbocycles. The zero-order valence-corrected chi connectivity index (χ0v) is 12.0. The maximum Gasteiger partial charge on any atom is 0.229 e. The second kappa shape index (κ2) is 6.26. The summed E-state index contributed by atoms with van der Waals surface area (Å²) in [6.07, 6.45) is -0.673. The fourth-order valence-corrected chi connectivity index (χ4v) is 2.11. The summed E-state index contributed by atoms with van der Waals surface area (Å²) in [7, 11) is 0. The van der Waals surface area contributed by atoms with E-state index in [1.165, 1.54) is 0 Å². The molecule has 0 aliphatic carbocycles. The summed E-state index contributed by atoms with van der Waals surface area (Å²) >= 11 is 2.89. The smallest absolute Gasteiger partial charge is 0.229 e. The van der Waals surface area contributed by atoms with Gasteiger partial charge in [-0.3, -0.25) is 4.79 Å². The number of hydrogen-bond acceptors (Lipinski definition) is 1. The maximum absolute atomic E-state index is 13.5. The zero-order chi connectivity index (χ0) is 15.6. The highest BCUT2D eigenvalue weighted by Crippen LogP contribution is 2.24. The summed E-state index contributed by atoms with van der Waals surface area (Å²) in [5.41, 5.74) is -1.13. The molecule has 2 nitrogen and oxygen atoms in total. The largest absolute Gasteiger partial charge is 0.321 e. The molecule has 0 aromatic heterocycles. The second-order valence-corrected chi connectivity index (χ2v) is 5.09. The molecule has 0 spiro atoms. The highest BCUT2D eigenvalue weighted by atomic mass is 79.9. The molecule has 0 unspecified atom stereocenters. The third-order valence-corrected chi connectivity index (χ3v) is 3.13. The van der Waals surface area contributed by atoms with Crippen molar-refractivity contribution in [3.63, 3.8) is 0 Å². The van der Waals surface area contributed by atoms with E-state index in [1.54, 1.807) is 0 Å². The Kier molecular flexibility index (Phi) is 4.62. The highest BCUT2D eigenvalue weighted by Gasteiger charge is 2.17. The van der Waals surface area contributed by atoms with Crippen molar-refractivity contribution in [2.45, 2.75) is 6.42 Å². The van der Waals surface area contributed by atoms with Crippen LogP contribution in [0.5, 0.6) is 0 Å². The second-order valence-electron chi connectivity index (χ2n) is 4.17. The van der Waals surface area contributed by atoms with E-state index in [-0.39, 0.29) is 4.47 Å². The Morgan fingerprint density at radius 2 is 1.52 bits per heavy atom. The number of halogens is 5. The van der Waals surface area contributed by atoms with Gasteiger partial charge in [-0.05, 0) is 24.3 Å². The molecule has 0 saturated carbocycles. The van der Waals surface area contributed by atoms with Crippen molar-refractivity contribution in [3.8, 4) is 0 Å².